The molecule has 0 aromatic heterocycles. The molecule has 1 aliphatic rings. The summed E-state index contributed by atoms with van der Waals surface area (Å²) in [6, 6.07) is 20.1. The van der Waals surface area contributed by atoms with Gasteiger partial charge in [-0.3, -0.25) is 0 Å². The lowest BCUT2D eigenvalue weighted by Gasteiger charge is -2.37. The summed E-state index contributed by atoms with van der Waals surface area (Å²) in [7, 11) is 2.11. The topological polar surface area (TPSA) is 102 Å². The number of hydrogen-bond donors (Lipinski definition) is 3. The van der Waals surface area contributed by atoms with Gasteiger partial charge in [-0.05, 0) is 86.4 Å². The van der Waals surface area contributed by atoms with Crippen molar-refractivity contribution in [3.8, 4) is 11.5 Å². The normalized spacial score (nSPS) is 13.7. The zero-order chi connectivity index (χ0) is 29.8. The SMILES string of the molecule is CC(C)COc1ccc(CNC(=O)N(Cc2ccc(F)cc2)C2CCN(C)CC2)cc1.O=C(O)c1ccccc1O. The van der Waals surface area contributed by atoms with Gasteiger partial charge in [0.15, 0.2) is 0 Å². The largest absolute Gasteiger partial charge is 0.507 e. The van der Waals surface area contributed by atoms with E-state index in [0.29, 0.717) is 25.6 Å². The van der Waals surface area contributed by atoms with E-state index >= 15 is 0 Å². The molecule has 2 amide bonds. The Morgan fingerprint density at radius 3 is 2.17 bits per heavy atom. The first-order valence-corrected chi connectivity index (χ1v) is 13.8. The molecule has 220 valence electrons. The number of halogens is 1. The van der Waals surface area contributed by atoms with Crippen molar-refractivity contribution in [2.45, 2.75) is 45.8 Å². The third-order valence-corrected chi connectivity index (χ3v) is 6.74. The van der Waals surface area contributed by atoms with Crippen LogP contribution in [0.4, 0.5) is 9.18 Å². The number of hydrogen-bond acceptors (Lipinski definition) is 5. The van der Waals surface area contributed by atoms with E-state index in [1.54, 1.807) is 24.3 Å². The minimum Gasteiger partial charge on any atom is -0.507 e. The number of benzene rings is 3. The summed E-state index contributed by atoms with van der Waals surface area (Å²) in [5, 5.41) is 20.4. The van der Waals surface area contributed by atoms with Gasteiger partial charge in [0.1, 0.15) is 22.9 Å². The number of urea groups is 1. The molecule has 1 heterocycles. The van der Waals surface area contributed by atoms with Crippen molar-refractivity contribution in [3.63, 3.8) is 0 Å². The number of phenols is 1. The second-order valence-electron chi connectivity index (χ2n) is 10.6. The van der Waals surface area contributed by atoms with E-state index in [2.05, 4.69) is 31.1 Å². The zero-order valence-corrected chi connectivity index (χ0v) is 23.9. The Labute approximate surface area is 241 Å². The molecule has 8 nitrogen and oxygen atoms in total. The number of nitrogens with zero attached hydrogens (tertiary/aromatic N) is 2. The third kappa shape index (κ3) is 10.4. The molecular weight excluding hydrogens is 525 g/mol. The van der Waals surface area contributed by atoms with E-state index < -0.39 is 5.97 Å². The molecule has 0 unspecified atom stereocenters. The highest BCUT2D eigenvalue weighted by atomic mass is 19.1. The van der Waals surface area contributed by atoms with Crippen LogP contribution in [0.3, 0.4) is 0 Å². The van der Waals surface area contributed by atoms with Crippen LogP contribution in [0.5, 0.6) is 11.5 Å². The van der Waals surface area contributed by atoms with E-state index in [1.807, 2.05) is 29.2 Å². The van der Waals surface area contributed by atoms with Crippen LogP contribution in [0.2, 0.25) is 0 Å². The van der Waals surface area contributed by atoms with Crippen molar-refractivity contribution in [1.29, 1.82) is 0 Å². The minimum atomic E-state index is -1.11. The molecular formula is C32H40FN3O5. The number of aromatic carboxylic acids is 1. The fourth-order valence-corrected chi connectivity index (χ4v) is 4.36. The molecule has 3 aromatic carbocycles. The van der Waals surface area contributed by atoms with Gasteiger partial charge < -0.3 is 30.1 Å². The quantitative estimate of drug-likeness (QED) is 0.305. The third-order valence-electron chi connectivity index (χ3n) is 6.74. The zero-order valence-electron chi connectivity index (χ0n) is 23.9. The second-order valence-corrected chi connectivity index (χ2v) is 10.6. The fourth-order valence-electron chi connectivity index (χ4n) is 4.36. The Hall–Kier alpha value is -4.11. The van der Waals surface area contributed by atoms with E-state index in [4.69, 9.17) is 14.9 Å². The van der Waals surface area contributed by atoms with E-state index in [1.165, 1.54) is 24.3 Å². The summed E-state index contributed by atoms with van der Waals surface area (Å²) < 4.78 is 19.0. The van der Waals surface area contributed by atoms with Crippen LogP contribution in [-0.2, 0) is 13.1 Å². The number of carboxylic acids is 1. The molecule has 3 N–H and O–H groups in total. The van der Waals surface area contributed by atoms with Crippen molar-refractivity contribution in [3.05, 3.63) is 95.3 Å². The van der Waals surface area contributed by atoms with Gasteiger partial charge in [0, 0.05) is 19.1 Å². The first kappa shape index (κ1) is 31.4. The number of aromatic hydroxyl groups is 1. The summed E-state index contributed by atoms with van der Waals surface area (Å²) in [4.78, 5) is 27.6. The first-order chi connectivity index (χ1) is 19.6. The maximum Gasteiger partial charge on any atom is 0.339 e. The lowest BCUT2D eigenvalue weighted by molar-refractivity contribution is 0.0693. The predicted molar refractivity (Wildman–Crippen MR) is 157 cm³/mol. The van der Waals surface area contributed by atoms with Crippen LogP contribution in [0.15, 0.2) is 72.8 Å². The average Bonchev–Trinajstić information content (AvgIpc) is 2.96. The standard InChI is InChI=1S/C25H34FN3O2.C7H6O3/c1-19(2)18-31-24-10-6-20(7-11-24)16-27-25(30)29(23-12-14-28(3)15-13-23)17-21-4-8-22(26)9-5-21;8-6-4-2-1-3-5(6)7(9)10/h4-11,19,23H,12-18H2,1-3H3,(H,27,30);1-4,8H,(H,9,10). The molecule has 3 aromatic rings. The molecule has 0 radical (unpaired) electrons. The number of para-hydroxylation sites is 1. The Balaban J connectivity index is 0.000000389. The number of carbonyl (C=O) groups is 2. The molecule has 1 aliphatic heterocycles. The number of rotatable bonds is 9. The van der Waals surface area contributed by atoms with Crippen molar-refractivity contribution in [2.75, 3.05) is 26.7 Å². The molecule has 9 heteroatoms. The lowest BCUT2D eigenvalue weighted by Crippen LogP contribution is -2.49. The van der Waals surface area contributed by atoms with Gasteiger partial charge >= 0.3 is 12.0 Å². The molecule has 0 atom stereocenters. The summed E-state index contributed by atoms with van der Waals surface area (Å²) in [6.07, 6.45) is 1.88. The number of likely N-dealkylation sites (tertiary alicyclic amines) is 1. The molecule has 1 fully saturated rings. The number of ether oxygens (including phenoxy) is 1. The van der Waals surface area contributed by atoms with Crippen LogP contribution in [0, 0.1) is 11.7 Å². The first-order valence-electron chi connectivity index (χ1n) is 13.8. The Morgan fingerprint density at radius 1 is 1.00 bits per heavy atom. The van der Waals surface area contributed by atoms with Gasteiger partial charge in [-0.15, -0.1) is 0 Å². The number of amides is 2. The van der Waals surface area contributed by atoms with Gasteiger partial charge in [-0.1, -0.05) is 50.2 Å². The van der Waals surface area contributed by atoms with Gasteiger partial charge in [0.2, 0.25) is 0 Å². The number of piperidine rings is 1. The van der Waals surface area contributed by atoms with E-state index in [-0.39, 0.29) is 29.2 Å². The Morgan fingerprint density at radius 2 is 1.61 bits per heavy atom. The molecule has 0 aliphatic carbocycles. The summed E-state index contributed by atoms with van der Waals surface area (Å²) >= 11 is 0. The van der Waals surface area contributed by atoms with Crippen molar-refractivity contribution >= 4 is 12.0 Å². The monoisotopic (exact) mass is 565 g/mol. The predicted octanol–water partition coefficient (Wildman–Crippen LogP) is 5.76. The molecule has 1 saturated heterocycles. The van der Waals surface area contributed by atoms with Gasteiger partial charge in [0.25, 0.3) is 0 Å². The lowest BCUT2D eigenvalue weighted by atomic mass is 10.0. The van der Waals surface area contributed by atoms with Crippen molar-refractivity contribution in [1.82, 2.24) is 15.1 Å². The molecule has 0 saturated carbocycles. The highest BCUT2D eigenvalue weighted by molar-refractivity contribution is 5.90. The van der Waals surface area contributed by atoms with Crippen LogP contribution >= 0.6 is 0 Å². The van der Waals surface area contributed by atoms with Crippen molar-refractivity contribution in [2.24, 2.45) is 5.92 Å². The molecule has 4 rings (SSSR count). The fraction of sp³-hybridized carbons (Fsp3) is 0.375. The van der Waals surface area contributed by atoms with Crippen LogP contribution in [0.1, 0.15) is 48.2 Å². The average molecular weight is 566 g/mol. The number of carbonyl (C=O) groups excluding carboxylic acids is 1. The van der Waals surface area contributed by atoms with Crippen molar-refractivity contribution < 1.29 is 28.9 Å². The molecule has 0 spiro atoms. The van der Waals surface area contributed by atoms with Gasteiger partial charge in [-0.25, -0.2) is 14.0 Å². The second kappa shape index (κ2) is 15.6. The van der Waals surface area contributed by atoms with Gasteiger partial charge in [-0.2, -0.15) is 0 Å². The molecule has 0 bridgehead atoms. The van der Waals surface area contributed by atoms with E-state index in [9.17, 15) is 14.0 Å². The number of nitrogens with one attached hydrogen (secondary N) is 1. The van der Waals surface area contributed by atoms with Crippen LogP contribution < -0.4 is 10.1 Å². The van der Waals surface area contributed by atoms with E-state index in [0.717, 1.165) is 42.8 Å². The Bertz CT molecular complexity index is 1240. The summed E-state index contributed by atoms with van der Waals surface area (Å²) in [5.74, 6) is -0.258. The highest BCUT2D eigenvalue weighted by Crippen LogP contribution is 2.20. The number of carboxylic acid groups (broad SMARTS) is 1. The minimum absolute atomic E-state index is 0.0671. The summed E-state index contributed by atoms with van der Waals surface area (Å²) in [5.41, 5.74) is 1.89. The van der Waals surface area contributed by atoms with Crippen LogP contribution in [0.25, 0.3) is 0 Å². The maximum absolute atomic E-state index is 13.3. The molecule has 41 heavy (non-hydrogen) atoms. The maximum atomic E-state index is 13.3. The van der Waals surface area contributed by atoms with Gasteiger partial charge in [0.05, 0.1) is 6.61 Å². The smallest absolute Gasteiger partial charge is 0.339 e. The van der Waals surface area contributed by atoms with Crippen LogP contribution in [-0.4, -0.2) is 64.8 Å². The highest BCUT2D eigenvalue weighted by Gasteiger charge is 2.27. The summed E-state index contributed by atoms with van der Waals surface area (Å²) in [6.45, 7) is 7.78. The Kier molecular flexibility index (Phi) is 12.0.